The Morgan fingerprint density at radius 1 is 0.971 bits per heavy atom. The molecular weight excluding hydrogens is 442 g/mol. The van der Waals surface area contributed by atoms with Crippen LogP contribution in [0.3, 0.4) is 0 Å². The van der Waals surface area contributed by atoms with E-state index in [9.17, 15) is 14.4 Å². The van der Waals surface area contributed by atoms with Gasteiger partial charge in [-0.3, -0.25) is 9.69 Å². The lowest BCUT2D eigenvalue weighted by molar-refractivity contribution is 0.00694. The van der Waals surface area contributed by atoms with Crippen LogP contribution >= 0.6 is 0 Å². The minimum atomic E-state index is -0.692. The fourth-order valence-corrected chi connectivity index (χ4v) is 4.44. The first-order valence-corrected chi connectivity index (χ1v) is 11.5. The molecule has 1 amide bonds. The number of amides is 1. The molecule has 0 atom stereocenters. The third-order valence-electron chi connectivity index (χ3n) is 6.15. The second-order valence-corrected chi connectivity index (χ2v) is 9.69. The Hall–Kier alpha value is -3.93. The lowest BCUT2D eigenvalue weighted by Gasteiger charge is -2.23. The first kappa shape index (κ1) is 24.2. The number of aldehydes is 1. The molecule has 0 fully saturated rings. The van der Waals surface area contributed by atoms with Crippen LogP contribution in [0.1, 0.15) is 64.1 Å². The van der Waals surface area contributed by atoms with Crippen molar-refractivity contribution in [2.45, 2.75) is 39.2 Å². The Bertz CT molecular complexity index is 1260. The molecule has 0 radical (unpaired) electrons. The van der Waals surface area contributed by atoms with Gasteiger partial charge in [0.2, 0.25) is 0 Å². The molecule has 0 heterocycles. The summed E-state index contributed by atoms with van der Waals surface area (Å²) in [6.45, 7) is 7.20. The highest BCUT2D eigenvalue weighted by Gasteiger charge is 2.30. The minimum absolute atomic E-state index is 0.0699. The summed E-state index contributed by atoms with van der Waals surface area (Å²) in [5.41, 5.74) is 5.33. The van der Waals surface area contributed by atoms with Gasteiger partial charge in [-0.1, -0.05) is 48.5 Å². The molecule has 1 aliphatic rings. The Morgan fingerprint density at radius 2 is 1.54 bits per heavy atom. The van der Waals surface area contributed by atoms with Gasteiger partial charge in [0.1, 0.15) is 18.5 Å². The van der Waals surface area contributed by atoms with Crippen molar-refractivity contribution in [3.63, 3.8) is 0 Å². The smallest absolute Gasteiger partial charge is 0.414 e. The van der Waals surface area contributed by atoms with Gasteiger partial charge in [-0.2, -0.15) is 0 Å². The van der Waals surface area contributed by atoms with E-state index in [-0.39, 0.29) is 18.1 Å². The second-order valence-electron chi connectivity index (χ2n) is 9.69. The summed E-state index contributed by atoms with van der Waals surface area (Å²) < 4.78 is 11.2. The Morgan fingerprint density at radius 3 is 2.09 bits per heavy atom. The van der Waals surface area contributed by atoms with Gasteiger partial charge in [0.25, 0.3) is 0 Å². The maximum atomic E-state index is 13.1. The number of hydrogen-bond donors (Lipinski definition) is 0. The molecule has 180 valence electrons. The van der Waals surface area contributed by atoms with E-state index >= 15 is 0 Å². The van der Waals surface area contributed by atoms with Crippen LogP contribution < -0.4 is 4.90 Å². The van der Waals surface area contributed by atoms with Crippen molar-refractivity contribution in [3.05, 3.63) is 88.5 Å². The Labute approximate surface area is 205 Å². The number of hydrogen-bond acceptors (Lipinski definition) is 5. The molecule has 0 unspecified atom stereocenters. The third kappa shape index (κ3) is 4.83. The van der Waals surface area contributed by atoms with Crippen LogP contribution in [-0.2, 0) is 9.47 Å². The zero-order valence-electron chi connectivity index (χ0n) is 20.6. The lowest BCUT2D eigenvalue weighted by Crippen LogP contribution is -2.30. The van der Waals surface area contributed by atoms with E-state index in [1.807, 2.05) is 24.3 Å². The van der Waals surface area contributed by atoms with Crippen molar-refractivity contribution in [2.75, 3.05) is 18.6 Å². The van der Waals surface area contributed by atoms with Crippen LogP contribution in [0, 0.1) is 6.92 Å². The van der Waals surface area contributed by atoms with Gasteiger partial charge in [-0.15, -0.1) is 0 Å². The molecule has 0 saturated carbocycles. The zero-order chi connectivity index (χ0) is 25.3. The average molecular weight is 472 g/mol. The SMILES string of the molecule is Cc1c(C=O)cc(C(=O)OC(C)(C)C)cc1N(C)C(=O)OCC1c2ccccc2-c2ccccc21. The van der Waals surface area contributed by atoms with E-state index in [1.165, 1.54) is 11.0 Å². The van der Waals surface area contributed by atoms with E-state index in [0.717, 1.165) is 22.3 Å². The van der Waals surface area contributed by atoms with Crippen LogP contribution in [0.4, 0.5) is 10.5 Å². The van der Waals surface area contributed by atoms with Crippen LogP contribution in [0.5, 0.6) is 0 Å². The standard InChI is InChI=1S/C29H29NO5/c1-18-20(16-31)14-19(27(32)35-29(2,3)4)15-26(18)30(5)28(33)34-17-25-23-12-8-6-10-21(23)22-11-7-9-13-24(22)25/h6-16,25H,17H2,1-5H3. The van der Waals surface area contributed by atoms with Crippen molar-refractivity contribution in [1.82, 2.24) is 0 Å². The summed E-state index contributed by atoms with van der Waals surface area (Å²) in [6.07, 6.45) is 0.0892. The van der Waals surface area contributed by atoms with E-state index in [4.69, 9.17) is 9.47 Å². The first-order valence-electron chi connectivity index (χ1n) is 11.5. The zero-order valence-corrected chi connectivity index (χ0v) is 20.6. The maximum absolute atomic E-state index is 13.1. The van der Waals surface area contributed by atoms with Crippen molar-refractivity contribution in [1.29, 1.82) is 0 Å². The van der Waals surface area contributed by atoms with E-state index in [2.05, 4.69) is 24.3 Å². The Kier molecular flexibility index (Phi) is 6.48. The van der Waals surface area contributed by atoms with Gasteiger partial charge in [0.05, 0.1) is 11.3 Å². The van der Waals surface area contributed by atoms with Gasteiger partial charge in [-0.05, 0) is 67.6 Å². The summed E-state index contributed by atoms with van der Waals surface area (Å²) >= 11 is 0. The van der Waals surface area contributed by atoms with Crippen LogP contribution in [-0.4, -0.2) is 37.6 Å². The monoisotopic (exact) mass is 471 g/mol. The molecule has 4 rings (SSSR count). The summed E-state index contributed by atoms with van der Waals surface area (Å²) in [4.78, 5) is 38.7. The molecule has 0 aromatic heterocycles. The molecule has 6 nitrogen and oxygen atoms in total. The number of carbonyl (C=O) groups excluding carboxylic acids is 3. The molecule has 0 aliphatic heterocycles. The molecule has 3 aromatic rings. The van der Waals surface area contributed by atoms with Gasteiger partial charge >= 0.3 is 12.1 Å². The lowest BCUT2D eigenvalue weighted by atomic mass is 9.98. The fourth-order valence-electron chi connectivity index (χ4n) is 4.44. The molecule has 6 heteroatoms. The van der Waals surface area contributed by atoms with Crippen molar-refractivity contribution >= 4 is 24.0 Å². The van der Waals surface area contributed by atoms with Gasteiger partial charge < -0.3 is 9.47 Å². The largest absolute Gasteiger partial charge is 0.456 e. The number of benzene rings is 3. The quantitative estimate of drug-likeness (QED) is 0.330. The third-order valence-corrected chi connectivity index (χ3v) is 6.15. The van der Waals surface area contributed by atoms with Gasteiger partial charge in [-0.25, -0.2) is 9.59 Å². The van der Waals surface area contributed by atoms with E-state index < -0.39 is 17.7 Å². The van der Waals surface area contributed by atoms with Crippen molar-refractivity contribution in [2.24, 2.45) is 0 Å². The second kappa shape index (κ2) is 9.37. The molecular formula is C29H29NO5. The van der Waals surface area contributed by atoms with Crippen LogP contribution in [0.25, 0.3) is 11.1 Å². The van der Waals surface area contributed by atoms with Gasteiger partial charge in [0, 0.05) is 18.5 Å². The molecule has 0 bridgehead atoms. The fraction of sp³-hybridized carbons (Fsp3) is 0.276. The number of fused-ring (bicyclic) bond motifs is 3. The number of ether oxygens (including phenoxy) is 2. The minimum Gasteiger partial charge on any atom is -0.456 e. The molecule has 0 saturated heterocycles. The predicted octanol–water partition coefficient (Wildman–Crippen LogP) is 6.15. The first-order chi connectivity index (χ1) is 16.6. The van der Waals surface area contributed by atoms with Crippen LogP contribution in [0.15, 0.2) is 60.7 Å². The molecule has 35 heavy (non-hydrogen) atoms. The molecule has 1 aliphatic carbocycles. The molecule has 0 N–H and O–H groups in total. The van der Waals surface area contributed by atoms with E-state index in [1.54, 1.807) is 40.8 Å². The number of anilines is 1. The average Bonchev–Trinajstić information content (AvgIpc) is 3.15. The number of carbonyl (C=O) groups is 3. The number of rotatable bonds is 5. The molecule has 0 spiro atoms. The highest BCUT2D eigenvalue weighted by atomic mass is 16.6. The highest BCUT2D eigenvalue weighted by molar-refractivity contribution is 5.97. The predicted molar refractivity (Wildman–Crippen MR) is 135 cm³/mol. The maximum Gasteiger partial charge on any atom is 0.414 e. The van der Waals surface area contributed by atoms with Crippen molar-refractivity contribution < 1.29 is 23.9 Å². The highest BCUT2D eigenvalue weighted by Crippen LogP contribution is 2.44. The summed E-state index contributed by atoms with van der Waals surface area (Å²) in [5.74, 6) is -0.637. The molecule has 3 aromatic carbocycles. The van der Waals surface area contributed by atoms with Crippen molar-refractivity contribution in [3.8, 4) is 11.1 Å². The summed E-state index contributed by atoms with van der Waals surface area (Å²) in [7, 11) is 1.56. The Balaban J connectivity index is 1.57. The number of nitrogens with zero attached hydrogens (tertiary/aromatic N) is 1. The van der Waals surface area contributed by atoms with E-state index in [0.29, 0.717) is 23.1 Å². The topological polar surface area (TPSA) is 72.9 Å². The van der Waals surface area contributed by atoms with Crippen LogP contribution in [0.2, 0.25) is 0 Å². The normalized spacial score (nSPS) is 12.5. The van der Waals surface area contributed by atoms with Gasteiger partial charge in [0.15, 0.2) is 0 Å². The summed E-state index contributed by atoms with van der Waals surface area (Å²) in [5, 5.41) is 0. The number of esters is 1. The summed E-state index contributed by atoms with van der Waals surface area (Å²) in [6, 6.07) is 19.3.